The van der Waals surface area contributed by atoms with E-state index < -0.39 is 0 Å². The predicted octanol–water partition coefficient (Wildman–Crippen LogP) is 3.75. The Kier molecular flexibility index (Phi) is 5.20. The summed E-state index contributed by atoms with van der Waals surface area (Å²) in [5, 5.41) is 0. The molecule has 2 heteroatoms. The van der Waals surface area contributed by atoms with Crippen LogP contribution in [0.3, 0.4) is 0 Å². The van der Waals surface area contributed by atoms with E-state index in [1.165, 1.54) is 18.4 Å². The molecule has 0 radical (unpaired) electrons. The van der Waals surface area contributed by atoms with Gasteiger partial charge < -0.3 is 4.90 Å². The molecule has 19 heavy (non-hydrogen) atoms. The van der Waals surface area contributed by atoms with Crippen LogP contribution in [0, 0.1) is 0 Å². The van der Waals surface area contributed by atoms with Gasteiger partial charge in [0.05, 0.1) is 0 Å². The van der Waals surface area contributed by atoms with Crippen LogP contribution in [-0.4, -0.2) is 23.9 Å². The fourth-order valence-corrected chi connectivity index (χ4v) is 2.75. The van der Waals surface area contributed by atoms with Gasteiger partial charge in [-0.2, -0.15) is 0 Å². The van der Waals surface area contributed by atoms with E-state index in [4.69, 9.17) is 0 Å². The van der Waals surface area contributed by atoms with Crippen LogP contribution in [0.5, 0.6) is 0 Å². The molecule has 0 bridgehead atoms. The Hall–Kier alpha value is -1.57. The largest absolute Gasteiger partial charge is 0.342 e. The van der Waals surface area contributed by atoms with Crippen molar-refractivity contribution in [2.24, 2.45) is 0 Å². The van der Waals surface area contributed by atoms with Gasteiger partial charge in [-0.25, -0.2) is 0 Å². The summed E-state index contributed by atoms with van der Waals surface area (Å²) in [6.07, 6.45) is 6.74. The normalized spacial score (nSPS) is 19.8. The van der Waals surface area contributed by atoms with E-state index in [-0.39, 0.29) is 5.91 Å². The van der Waals surface area contributed by atoms with Crippen molar-refractivity contribution in [1.82, 2.24) is 4.90 Å². The molecule has 0 N–H and O–H groups in total. The first-order chi connectivity index (χ1) is 9.31. The second-order valence-electron chi connectivity index (χ2n) is 5.27. The Morgan fingerprint density at radius 3 is 2.84 bits per heavy atom. The molecule has 1 atom stereocenters. The average molecular weight is 257 g/mol. The van der Waals surface area contributed by atoms with Crippen molar-refractivity contribution in [3.8, 4) is 0 Å². The molecule has 102 valence electrons. The molecule has 0 aromatic heterocycles. The van der Waals surface area contributed by atoms with Crippen LogP contribution in [0.1, 0.15) is 43.6 Å². The van der Waals surface area contributed by atoms with E-state index in [0.717, 1.165) is 25.9 Å². The van der Waals surface area contributed by atoms with Crippen LogP contribution in [0.15, 0.2) is 43.0 Å². The number of carbonyl (C=O) groups excluding carboxylic acids is 1. The molecule has 1 saturated heterocycles. The molecule has 2 nitrogen and oxygen atoms in total. The lowest BCUT2D eigenvalue weighted by molar-refractivity contribution is -0.131. The molecular weight excluding hydrogens is 234 g/mol. The fraction of sp³-hybridized carbons (Fsp3) is 0.471. The SMILES string of the molecule is C=CCCC(=O)N1CCCC[C@@H](c2ccccc2)C1. The van der Waals surface area contributed by atoms with Crippen molar-refractivity contribution in [2.45, 2.75) is 38.0 Å². The van der Waals surface area contributed by atoms with Gasteiger partial charge in [0.25, 0.3) is 0 Å². The smallest absolute Gasteiger partial charge is 0.222 e. The lowest BCUT2D eigenvalue weighted by Crippen LogP contribution is -2.33. The van der Waals surface area contributed by atoms with Crippen LogP contribution in [0.2, 0.25) is 0 Å². The van der Waals surface area contributed by atoms with E-state index in [2.05, 4.69) is 30.8 Å². The van der Waals surface area contributed by atoms with Gasteiger partial charge in [0.2, 0.25) is 5.91 Å². The number of amides is 1. The third-order valence-electron chi connectivity index (χ3n) is 3.86. The molecule has 0 spiro atoms. The highest BCUT2D eigenvalue weighted by Gasteiger charge is 2.22. The fourth-order valence-electron chi connectivity index (χ4n) is 2.75. The third kappa shape index (κ3) is 3.95. The van der Waals surface area contributed by atoms with Gasteiger partial charge in [-0.1, -0.05) is 42.8 Å². The Bertz CT molecular complexity index is 413. The number of hydrogen-bond acceptors (Lipinski definition) is 1. The zero-order valence-electron chi connectivity index (χ0n) is 11.6. The van der Waals surface area contributed by atoms with Crippen molar-refractivity contribution < 1.29 is 4.79 Å². The monoisotopic (exact) mass is 257 g/mol. The Balaban J connectivity index is 2.02. The number of rotatable bonds is 4. The maximum Gasteiger partial charge on any atom is 0.222 e. The Labute approximate surface area is 116 Å². The first-order valence-electron chi connectivity index (χ1n) is 7.25. The molecule has 1 aliphatic heterocycles. The first kappa shape index (κ1) is 13.9. The summed E-state index contributed by atoms with van der Waals surface area (Å²) >= 11 is 0. The highest BCUT2D eigenvalue weighted by molar-refractivity contribution is 5.76. The molecule has 1 heterocycles. The summed E-state index contributed by atoms with van der Waals surface area (Å²) in [6, 6.07) is 10.6. The van der Waals surface area contributed by atoms with Gasteiger partial charge in [-0.3, -0.25) is 4.79 Å². The molecule has 0 unspecified atom stereocenters. The molecule has 1 amide bonds. The van der Waals surface area contributed by atoms with Crippen LogP contribution in [-0.2, 0) is 4.79 Å². The second kappa shape index (κ2) is 7.13. The minimum atomic E-state index is 0.280. The van der Waals surface area contributed by atoms with Gasteiger partial charge >= 0.3 is 0 Å². The van der Waals surface area contributed by atoms with Gasteiger partial charge in [-0.05, 0) is 24.8 Å². The van der Waals surface area contributed by atoms with E-state index >= 15 is 0 Å². The maximum atomic E-state index is 12.2. The maximum absolute atomic E-state index is 12.2. The summed E-state index contributed by atoms with van der Waals surface area (Å²) in [4.78, 5) is 14.2. The predicted molar refractivity (Wildman–Crippen MR) is 79.0 cm³/mol. The van der Waals surface area contributed by atoms with Gasteiger partial charge in [0.15, 0.2) is 0 Å². The van der Waals surface area contributed by atoms with E-state index in [1.807, 2.05) is 17.0 Å². The summed E-state index contributed by atoms with van der Waals surface area (Å²) < 4.78 is 0. The zero-order valence-corrected chi connectivity index (χ0v) is 11.6. The van der Waals surface area contributed by atoms with Crippen molar-refractivity contribution in [2.75, 3.05) is 13.1 Å². The molecule has 2 rings (SSSR count). The lowest BCUT2D eigenvalue weighted by Gasteiger charge is -2.24. The Morgan fingerprint density at radius 2 is 2.11 bits per heavy atom. The third-order valence-corrected chi connectivity index (χ3v) is 3.86. The molecule has 0 aliphatic carbocycles. The zero-order chi connectivity index (χ0) is 13.5. The number of allylic oxidation sites excluding steroid dienone is 1. The van der Waals surface area contributed by atoms with Crippen LogP contribution >= 0.6 is 0 Å². The number of benzene rings is 1. The van der Waals surface area contributed by atoms with Crippen LogP contribution < -0.4 is 0 Å². The highest BCUT2D eigenvalue weighted by Crippen LogP contribution is 2.26. The van der Waals surface area contributed by atoms with E-state index in [0.29, 0.717) is 12.3 Å². The number of likely N-dealkylation sites (tertiary alicyclic amines) is 1. The lowest BCUT2D eigenvalue weighted by atomic mass is 9.94. The first-order valence-corrected chi connectivity index (χ1v) is 7.25. The summed E-state index contributed by atoms with van der Waals surface area (Å²) in [5.41, 5.74) is 1.37. The van der Waals surface area contributed by atoms with Crippen LogP contribution in [0.4, 0.5) is 0 Å². The number of nitrogens with zero attached hydrogens (tertiary/aromatic N) is 1. The molecule has 1 aromatic carbocycles. The van der Waals surface area contributed by atoms with Crippen LogP contribution in [0.25, 0.3) is 0 Å². The highest BCUT2D eigenvalue weighted by atomic mass is 16.2. The Morgan fingerprint density at radius 1 is 1.32 bits per heavy atom. The molecule has 1 aromatic rings. The summed E-state index contributed by atoms with van der Waals surface area (Å²) in [7, 11) is 0. The second-order valence-corrected chi connectivity index (χ2v) is 5.27. The van der Waals surface area contributed by atoms with E-state index in [9.17, 15) is 4.79 Å². The molecular formula is C17H23NO. The summed E-state index contributed by atoms with van der Waals surface area (Å²) in [5.74, 6) is 0.777. The number of carbonyl (C=O) groups is 1. The minimum Gasteiger partial charge on any atom is -0.342 e. The van der Waals surface area contributed by atoms with Crippen molar-refractivity contribution in [3.63, 3.8) is 0 Å². The van der Waals surface area contributed by atoms with Gasteiger partial charge in [-0.15, -0.1) is 6.58 Å². The summed E-state index contributed by atoms with van der Waals surface area (Å²) in [6.45, 7) is 5.48. The molecule has 0 saturated carbocycles. The quantitative estimate of drug-likeness (QED) is 0.752. The van der Waals surface area contributed by atoms with E-state index in [1.54, 1.807) is 0 Å². The standard InChI is InChI=1S/C17H23NO/c1-2-3-12-17(19)18-13-8-7-11-16(14-18)15-9-5-4-6-10-15/h2,4-6,9-10,16H,1,3,7-8,11-14H2/t16-/m1/s1. The molecule has 1 aliphatic rings. The van der Waals surface area contributed by atoms with Crippen molar-refractivity contribution >= 4 is 5.91 Å². The van der Waals surface area contributed by atoms with Gasteiger partial charge in [0, 0.05) is 25.4 Å². The molecule has 1 fully saturated rings. The van der Waals surface area contributed by atoms with Crippen molar-refractivity contribution in [3.05, 3.63) is 48.6 Å². The minimum absolute atomic E-state index is 0.280. The van der Waals surface area contributed by atoms with Crippen molar-refractivity contribution in [1.29, 1.82) is 0 Å². The van der Waals surface area contributed by atoms with Gasteiger partial charge in [0.1, 0.15) is 0 Å². The average Bonchev–Trinajstić information content (AvgIpc) is 2.71. The topological polar surface area (TPSA) is 20.3 Å². The number of hydrogen-bond donors (Lipinski definition) is 0.